The van der Waals surface area contributed by atoms with Crippen LogP contribution < -0.4 is 11.2 Å². The molecule has 0 saturated heterocycles. The summed E-state index contributed by atoms with van der Waals surface area (Å²) in [6, 6.07) is 6.19. The molecule has 0 atom stereocenters. The van der Waals surface area contributed by atoms with Gasteiger partial charge in [0.2, 0.25) is 0 Å². The summed E-state index contributed by atoms with van der Waals surface area (Å²) in [6.45, 7) is -0.0616. The third-order valence-corrected chi connectivity index (χ3v) is 2.60. The van der Waals surface area contributed by atoms with Crippen molar-refractivity contribution < 1.29 is 9.66 Å². The highest BCUT2D eigenvalue weighted by Crippen LogP contribution is 2.18. The molecule has 20 heavy (non-hydrogen) atoms. The van der Waals surface area contributed by atoms with Crippen molar-refractivity contribution >= 4 is 5.69 Å². The van der Waals surface area contributed by atoms with Gasteiger partial charge < -0.3 is 9.72 Å². The lowest BCUT2D eigenvalue weighted by molar-refractivity contribution is -0.386. The maximum atomic E-state index is 11.4. The number of nitrogens with zero attached hydrogens (tertiary/aromatic N) is 1. The Morgan fingerprint density at radius 2 is 1.85 bits per heavy atom. The minimum Gasteiger partial charge on any atom is -0.372 e. The van der Waals surface area contributed by atoms with Crippen molar-refractivity contribution in [1.29, 1.82) is 0 Å². The van der Waals surface area contributed by atoms with Gasteiger partial charge in [-0.3, -0.25) is 19.9 Å². The molecule has 0 bridgehead atoms. The third kappa shape index (κ3) is 3.18. The van der Waals surface area contributed by atoms with Crippen molar-refractivity contribution in [2.45, 2.75) is 13.2 Å². The van der Waals surface area contributed by atoms with E-state index < -0.39 is 16.2 Å². The summed E-state index contributed by atoms with van der Waals surface area (Å²) in [5.74, 6) is 0. The standard InChI is InChI=1S/C12H11N3O5/c16-11-9(5-13-12(17)14-11)7-20-6-8-3-1-2-4-10(8)15(18)19/h1-5H,6-7H2,(H2,13,14,16,17). The zero-order valence-corrected chi connectivity index (χ0v) is 10.3. The van der Waals surface area contributed by atoms with E-state index in [4.69, 9.17) is 4.74 Å². The maximum Gasteiger partial charge on any atom is 0.325 e. The molecule has 0 aliphatic heterocycles. The highest BCUT2D eigenvalue weighted by atomic mass is 16.6. The number of rotatable bonds is 5. The first kappa shape index (κ1) is 13.7. The molecule has 2 N–H and O–H groups in total. The molecular weight excluding hydrogens is 266 g/mol. The summed E-state index contributed by atoms with van der Waals surface area (Å²) in [6.07, 6.45) is 1.25. The van der Waals surface area contributed by atoms with Crippen molar-refractivity contribution in [3.63, 3.8) is 0 Å². The van der Waals surface area contributed by atoms with Crippen molar-refractivity contribution in [1.82, 2.24) is 9.97 Å². The van der Waals surface area contributed by atoms with Gasteiger partial charge in [-0.1, -0.05) is 12.1 Å². The van der Waals surface area contributed by atoms with Crippen molar-refractivity contribution in [3.05, 3.63) is 72.5 Å². The van der Waals surface area contributed by atoms with Crippen molar-refractivity contribution in [2.24, 2.45) is 0 Å². The molecule has 0 saturated carbocycles. The van der Waals surface area contributed by atoms with Crippen LogP contribution in [0, 0.1) is 10.1 Å². The lowest BCUT2D eigenvalue weighted by Gasteiger charge is -2.04. The monoisotopic (exact) mass is 277 g/mol. The average molecular weight is 277 g/mol. The van der Waals surface area contributed by atoms with Gasteiger partial charge in [0.1, 0.15) is 0 Å². The molecule has 0 spiro atoms. The van der Waals surface area contributed by atoms with E-state index >= 15 is 0 Å². The van der Waals surface area contributed by atoms with Gasteiger partial charge >= 0.3 is 5.69 Å². The molecule has 1 aromatic carbocycles. The molecule has 0 unspecified atom stereocenters. The zero-order chi connectivity index (χ0) is 14.5. The minimum atomic E-state index is -0.600. The fourth-order valence-electron chi connectivity index (χ4n) is 1.63. The Labute approximate surface area is 112 Å². The zero-order valence-electron chi connectivity index (χ0n) is 10.3. The first-order chi connectivity index (χ1) is 9.58. The van der Waals surface area contributed by atoms with E-state index in [9.17, 15) is 19.7 Å². The number of para-hydroxylation sites is 1. The molecule has 8 nitrogen and oxygen atoms in total. The van der Waals surface area contributed by atoms with Gasteiger partial charge in [0, 0.05) is 12.3 Å². The second kappa shape index (κ2) is 5.93. The van der Waals surface area contributed by atoms with Gasteiger partial charge in [-0.2, -0.15) is 0 Å². The minimum absolute atomic E-state index is 0.00425. The number of hydrogen-bond acceptors (Lipinski definition) is 5. The second-order valence-corrected chi connectivity index (χ2v) is 3.98. The van der Waals surface area contributed by atoms with Gasteiger partial charge in [-0.15, -0.1) is 0 Å². The summed E-state index contributed by atoms with van der Waals surface area (Å²) in [5.41, 5.74) is -0.529. The predicted molar refractivity (Wildman–Crippen MR) is 69.3 cm³/mol. The van der Waals surface area contributed by atoms with Crippen LogP contribution in [0.3, 0.4) is 0 Å². The number of nitrogens with one attached hydrogen (secondary N) is 2. The van der Waals surface area contributed by atoms with Gasteiger partial charge in [0.15, 0.2) is 0 Å². The van der Waals surface area contributed by atoms with E-state index in [0.717, 1.165) is 0 Å². The van der Waals surface area contributed by atoms with E-state index in [0.29, 0.717) is 5.56 Å². The summed E-state index contributed by atoms with van der Waals surface area (Å²) < 4.78 is 5.27. The average Bonchev–Trinajstić information content (AvgIpc) is 2.41. The van der Waals surface area contributed by atoms with E-state index in [1.165, 1.54) is 12.3 Å². The number of hydrogen-bond donors (Lipinski definition) is 2. The molecule has 104 valence electrons. The molecule has 0 amide bonds. The number of nitro benzene ring substituents is 1. The van der Waals surface area contributed by atoms with Crippen LogP contribution in [-0.4, -0.2) is 14.9 Å². The largest absolute Gasteiger partial charge is 0.372 e. The smallest absolute Gasteiger partial charge is 0.325 e. The Hall–Kier alpha value is -2.74. The van der Waals surface area contributed by atoms with Crippen LogP contribution in [0.15, 0.2) is 40.1 Å². The van der Waals surface area contributed by atoms with Gasteiger partial charge in [-0.05, 0) is 6.07 Å². The molecular formula is C12H11N3O5. The fraction of sp³-hybridized carbons (Fsp3) is 0.167. The molecule has 1 heterocycles. The molecule has 8 heteroatoms. The van der Waals surface area contributed by atoms with Crippen molar-refractivity contribution in [3.8, 4) is 0 Å². The molecule has 2 rings (SSSR count). The lowest BCUT2D eigenvalue weighted by Crippen LogP contribution is -2.24. The Kier molecular flexibility index (Phi) is 4.06. The van der Waals surface area contributed by atoms with Crippen LogP contribution in [0.1, 0.15) is 11.1 Å². The first-order valence-corrected chi connectivity index (χ1v) is 5.69. The van der Waals surface area contributed by atoms with Gasteiger partial charge in [-0.25, -0.2) is 4.79 Å². The highest BCUT2D eigenvalue weighted by Gasteiger charge is 2.12. The summed E-state index contributed by atoms with van der Waals surface area (Å²) in [5, 5.41) is 10.8. The Bertz CT molecular complexity index is 734. The van der Waals surface area contributed by atoms with E-state index in [1.54, 1.807) is 18.2 Å². The van der Waals surface area contributed by atoms with E-state index in [2.05, 4.69) is 9.97 Å². The van der Waals surface area contributed by atoms with Crippen LogP contribution in [0.4, 0.5) is 5.69 Å². The van der Waals surface area contributed by atoms with Gasteiger partial charge in [0.05, 0.1) is 29.3 Å². The molecule has 1 aromatic heterocycles. The van der Waals surface area contributed by atoms with E-state index in [1.807, 2.05) is 0 Å². The van der Waals surface area contributed by atoms with Gasteiger partial charge in [0.25, 0.3) is 11.2 Å². The van der Waals surface area contributed by atoms with Crippen LogP contribution >= 0.6 is 0 Å². The van der Waals surface area contributed by atoms with Crippen LogP contribution in [-0.2, 0) is 18.0 Å². The number of ether oxygens (including phenoxy) is 1. The Balaban J connectivity index is 2.05. The Morgan fingerprint density at radius 1 is 1.15 bits per heavy atom. The number of aromatic nitrogens is 2. The summed E-state index contributed by atoms with van der Waals surface area (Å²) in [4.78, 5) is 36.9. The normalized spacial score (nSPS) is 10.4. The van der Waals surface area contributed by atoms with Crippen LogP contribution in [0.2, 0.25) is 0 Å². The Morgan fingerprint density at radius 3 is 2.55 bits per heavy atom. The van der Waals surface area contributed by atoms with Crippen LogP contribution in [0.5, 0.6) is 0 Å². The summed E-state index contributed by atoms with van der Waals surface area (Å²) in [7, 11) is 0. The van der Waals surface area contributed by atoms with Crippen molar-refractivity contribution in [2.75, 3.05) is 0 Å². The molecule has 2 aromatic rings. The molecule has 0 aliphatic carbocycles. The fourth-order valence-corrected chi connectivity index (χ4v) is 1.63. The maximum absolute atomic E-state index is 11.4. The molecule has 0 fully saturated rings. The molecule has 0 radical (unpaired) electrons. The molecule has 0 aliphatic rings. The second-order valence-electron chi connectivity index (χ2n) is 3.98. The summed E-state index contributed by atoms with van der Waals surface area (Å²) >= 11 is 0. The highest BCUT2D eigenvalue weighted by molar-refractivity contribution is 5.39. The number of H-pyrrole nitrogens is 2. The number of aromatic amines is 2. The SMILES string of the molecule is O=c1[nH]cc(COCc2ccccc2[N+](=O)[O-])c(=O)[nH]1. The topological polar surface area (TPSA) is 118 Å². The lowest BCUT2D eigenvalue weighted by atomic mass is 10.2. The van der Waals surface area contributed by atoms with E-state index in [-0.39, 0.29) is 24.5 Å². The van der Waals surface area contributed by atoms with Crippen LogP contribution in [0.25, 0.3) is 0 Å². The quantitative estimate of drug-likeness (QED) is 0.615. The number of nitro groups is 1. The number of benzene rings is 1. The third-order valence-electron chi connectivity index (χ3n) is 2.60. The first-order valence-electron chi connectivity index (χ1n) is 5.69. The predicted octanol–water partition coefficient (Wildman–Crippen LogP) is 0.688.